The Kier molecular flexibility index (Phi) is 7.08. The number of anilines is 1. The fraction of sp³-hybridized carbons (Fsp3) is 0.579. The molecule has 0 fully saturated rings. The van der Waals surface area contributed by atoms with Crippen molar-refractivity contribution in [2.45, 2.75) is 71.3 Å². The minimum atomic E-state index is 0.638. The first kappa shape index (κ1) is 16.4. The lowest BCUT2D eigenvalue weighted by Gasteiger charge is -2.20. The van der Waals surface area contributed by atoms with Crippen molar-refractivity contribution in [1.82, 2.24) is 0 Å². The predicted molar refractivity (Wildman–Crippen MR) is 97.5 cm³/mol. The molecule has 0 aliphatic rings. The van der Waals surface area contributed by atoms with Crippen LogP contribution >= 0.6 is 11.3 Å². The quantitative estimate of drug-likeness (QED) is 0.474. The molecule has 0 radical (unpaired) electrons. The number of benzene rings is 1. The number of fused-ring (bicyclic) bond motifs is 1. The standard InChI is InChI=1S/C19H29NS/c1-3-5-7-9-17(10-8-6-4-2)20-18-11-12-19-16(15-18)13-14-21-19/h11-15,17,20H,3-10H2,1-2H3. The molecule has 2 aromatic rings. The summed E-state index contributed by atoms with van der Waals surface area (Å²) in [5.74, 6) is 0. The van der Waals surface area contributed by atoms with Gasteiger partial charge in [0, 0.05) is 16.4 Å². The van der Waals surface area contributed by atoms with Gasteiger partial charge in [-0.15, -0.1) is 11.3 Å². The Bertz CT molecular complexity index is 507. The zero-order chi connectivity index (χ0) is 14.9. The molecule has 1 N–H and O–H groups in total. The van der Waals surface area contributed by atoms with E-state index >= 15 is 0 Å². The lowest BCUT2D eigenvalue weighted by molar-refractivity contribution is 0.526. The van der Waals surface area contributed by atoms with Crippen LogP contribution in [-0.4, -0.2) is 6.04 Å². The molecular formula is C19H29NS. The molecule has 1 heterocycles. The summed E-state index contributed by atoms with van der Waals surface area (Å²) in [6, 6.07) is 9.65. The molecule has 2 rings (SSSR count). The second kappa shape index (κ2) is 9.09. The van der Waals surface area contributed by atoms with E-state index < -0.39 is 0 Å². The lowest BCUT2D eigenvalue weighted by atomic mass is 10.0. The van der Waals surface area contributed by atoms with Gasteiger partial charge in [0.1, 0.15) is 0 Å². The Morgan fingerprint density at radius 2 is 1.67 bits per heavy atom. The summed E-state index contributed by atoms with van der Waals surface area (Å²) in [7, 11) is 0. The summed E-state index contributed by atoms with van der Waals surface area (Å²) >= 11 is 1.82. The van der Waals surface area contributed by atoms with E-state index in [9.17, 15) is 0 Å². The lowest BCUT2D eigenvalue weighted by Crippen LogP contribution is -2.19. The van der Waals surface area contributed by atoms with E-state index in [1.54, 1.807) is 0 Å². The van der Waals surface area contributed by atoms with Gasteiger partial charge in [0.25, 0.3) is 0 Å². The second-order valence-electron chi connectivity index (χ2n) is 6.01. The molecule has 0 aliphatic carbocycles. The van der Waals surface area contributed by atoms with E-state index in [0.717, 1.165) is 0 Å². The third-order valence-corrected chi connectivity index (χ3v) is 5.03. The highest BCUT2D eigenvalue weighted by molar-refractivity contribution is 7.17. The van der Waals surface area contributed by atoms with E-state index in [4.69, 9.17) is 0 Å². The summed E-state index contributed by atoms with van der Waals surface area (Å²) in [6.07, 6.45) is 10.6. The zero-order valence-corrected chi connectivity index (χ0v) is 14.3. The Hall–Kier alpha value is -1.02. The van der Waals surface area contributed by atoms with Crippen molar-refractivity contribution in [3.63, 3.8) is 0 Å². The maximum Gasteiger partial charge on any atom is 0.0349 e. The van der Waals surface area contributed by atoms with Gasteiger partial charge < -0.3 is 5.32 Å². The zero-order valence-electron chi connectivity index (χ0n) is 13.5. The third-order valence-electron chi connectivity index (χ3n) is 4.14. The van der Waals surface area contributed by atoms with Gasteiger partial charge in [0.05, 0.1) is 0 Å². The Balaban J connectivity index is 1.94. The minimum Gasteiger partial charge on any atom is -0.382 e. The summed E-state index contributed by atoms with van der Waals surface area (Å²) in [5, 5.41) is 7.32. The van der Waals surface area contributed by atoms with Gasteiger partial charge in [-0.25, -0.2) is 0 Å². The van der Waals surface area contributed by atoms with Crippen LogP contribution in [0.4, 0.5) is 5.69 Å². The largest absolute Gasteiger partial charge is 0.382 e. The first-order valence-electron chi connectivity index (χ1n) is 8.57. The molecule has 0 amide bonds. The molecule has 0 atom stereocenters. The van der Waals surface area contributed by atoms with Crippen LogP contribution < -0.4 is 5.32 Å². The molecule has 0 saturated carbocycles. The summed E-state index contributed by atoms with van der Waals surface area (Å²) in [6.45, 7) is 4.56. The van der Waals surface area contributed by atoms with Gasteiger partial charge in [-0.2, -0.15) is 0 Å². The average Bonchev–Trinajstić information content (AvgIpc) is 2.95. The summed E-state index contributed by atoms with van der Waals surface area (Å²) in [5.41, 5.74) is 1.29. The van der Waals surface area contributed by atoms with Crippen LogP contribution in [0.1, 0.15) is 65.2 Å². The Labute approximate surface area is 133 Å². The summed E-state index contributed by atoms with van der Waals surface area (Å²) in [4.78, 5) is 0. The molecule has 116 valence electrons. The smallest absolute Gasteiger partial charge is 0.0349 e. The number of rotatable bonds is 10. The maximum atomic E-state index is 3.78. The SMILES string of the molecule is CCCCCC(CCCCC)Nc1ccc2sccc2c1. The maximum absolute atomic E-state index is 3.78. The molecular weight excluding hydrogens is 274 g/mol. The number of nitrogens with one attached hydrogen (secondary N) is 1. The van der Waals surface area contributed by atoms with Gasteiger partial charge in [-0.1, -0.05) is 52.4 Å². The first-order valence-corrected chi connectivity index (χ1v) is 9.45. The van der Waals surface area contributed by atoms with Crippen LogP contribution in [0.2, 0.25) is 0 Å². The number of hydrogen-bond acceptors (Lipinski definition) is 2. The van der Waals surface area contributed by atoms with Crippen molar-refractivity contribution < 1.29 is 0 Å². The van der Waals surface area contributed by atoms with Crippen molar-refractivity contribution in [2.75, 3.05) is 5.32 Å². The highest BCUT2D eigenvalue weighted by atomic mass is 32.1. The number of hydrogen-bond donors (Lipinski definition) is 1. The van der Waals surface area contributed by atoms with Crippen LogP contribution in [0, 0.1) is 0 Å². The molecule has 1 nitrogen and oxygen atoms in total. The third kappa shape index (κ3) is 5.35. The highest BCUT2D eigenvalue weighted by Crippen LogP contribution is 2.25. The minimum absolute atomic E-state index is 0.638. The molecule has 0 bridgehead atoms. The van der Waals surface area contributed by atoms with Crippen molar-refractivity contribution in [3.8, 4) is 0 Å². The van der Waals surface area contributed by atoms with Crippen molar-refractivity contribution in [3.05, 3.63) is 29.6 Å². The molecule has 0 aliphatic heterocycles. The van der Waals surface area contributed by atoms with Crippen LogP contribution in [0.3, 0.4) is 0 Å². The van der Waals surface area contributed by atoms with Crippen LogP contribution in [0.15, 0.2) is 29.6 Å². The van der Waals surface area contributed by atoms with E-state index in [2.05, 4.69) is 48.8 Å². The number of unbranched alkanes of at least 4 members (excludes halogenated alkanes) is 4. The van der Waals surface area contributed by atoms with Gasteiger partial charge in [0.15, 0.2) is 0 Å². The predicted octanol–water partition coefficient (Wildman–Crippen LogP) is 6.84. The van der Waals surface area contributed by atoms with Gasteiger partial charge in [0.2, 0.25) is 0 Å². The molecule has 2 heteroatoms. The highest BCUT2D eigenvalue weighted by Gasteiger charge is 2.08. The fourth-order valence-corrected chi connectivity index (χ4v) is 3.63. The van der Waals surface area contributed by atoms with E-state index in [0.29, 0.717) is 6.04 Å². The van der Waals surface area contributed by atoms with Gasteiger partial charge >= 0.3 is 0 Å². The van der Waals surface area contributed by atoms with Crippen LogP contribution in [0.5, 0.6) is 0 Å². The van der Waals surface area contributed by atoms with Crippen LogP contribution in [-0.2, 0) is 0 Å². The summed E-state index contributed by atoms with van der Waals surface area (Å²) < 4.78 is 1.38. The second-order valence-corrected chi connectivity index (χ2v) is 6.95. The first-order chi connectivity index (χ1) is 10.3. The molecule has 0 saturated heterocycles. The molecule has 21 heavy (non-hydrogen) atoms. The Morgan fingerprint density at radius 3 is 2.33 bits per heavy atom. The topological polar surface area (TPSA) is 12.0 Å². The Morgan fingerprint density at radius 1 is 0.952 bits per heavy atom. The molecule has 0 unspecified atom stereocenters. The monoisotopic (exact) mass is 303 g/mol. The van der Waals surface area contributed by atoms with Crippen LogP contribution in [0.25, 0.3) is 10.1 Å². The number of thiophene rings is 1. The molecule has 1 aromatic heterocycles. The van der Waals surface area contributed by atoms with Crippen molar-refractivity contribution >= 4 is 27.1 Å². The van der Waals surface area contributed by atoms with Gasteiger partial charge in [-0.3, -0.25) is 0 Å². The average molecular weight is 304 g/mol. The van der Waals surface area contributed by atoms with E-state index in [1.807, 2.05) is 11.3 Å². The molecule has 1 aromatic carbocycles. The van der Waals surface area contributed by atoms with Gasteiger partial charge in [-0.05, 0) is 47.9 Å². The molecule has 0 spiro atoms. The van der Waals surface area contributed by atoms with E-state index in [-0.39, 0.29) is 0 Å². The van der Waals surface area contributed by atoms with Crippen molar-refractivity contribution in [1.29, 1.82) is 0 Å². The normalized spacial score (nSPS) is 11.4. The fourth-order valence-electron chi connectivity index (χ4n) is 2.86. The van der Waals surface area contributed by atoms with E-state index in [1.165, 1.54) is 67.1 Å². The van der Waals surface area contributed by atoms with Crippen molar-refractivity contribution in [2.24, 2.45) is 0 Å².